The van der Waals surface area contributed by atoms with Gasteiger partial charge in [0.15, 0.2) is 6.61 Å². The summed E-state index contributed by atoms with van der Waals surface area (Å²) in [5.41, 5.74) is 0. The number of rotatable bonds is 6. The second-order valence-corrected chi connectivity index (χ2v) is 5.79. The Hall–Kier alpha value is -2.57. The van der Waals surface area contributed by atoms with E-state index in [4.69, 9.17) is 4.74 Å². The van der Waals surface area contributed by atoms with Gasteiger partial charge in [0, 0.05) is 12.6 Å². The molecule has 24 heavy (non-hydrogen) atoms. The predicted molar refractivity (Wildman–Crippen MR) is 86.5 cm³/mol. The van der Waals surface area contributed by atoms with E-state index < -0.39 is 17.8 Å². The highest BCUT2D eigenvalue weighted by molar-refractivity contribution is 5.86. The van der Waals surface area contributed by atoms with Gasteiger partial charge in [-0.25, -0.2) is 0 Å². The van der Waals surface area contributed by atoms with Gasteiger partial charge in [-0.2, -0.15) is 0 Å². The van der Waals surface area contributed by atoms with Crippen molar-refractivity contribution in [1.29, 1.82) is 0 Å². The van der Waals surface area contributed by atoms with Gasteiger partial charge in [-0.3, -0.25) is 14.4 Å². The van der Waals surface area contributed by atoms with Crippen molar-refractivity contribution in [3.05, 3.63) is 30.3 Å². The summed E-state index contributed by atoms with van der Waals surface area (Å²) < 4.78 is 5.30. The number of hydrogen-bond acceptors (Lipinski definition) is 4. The van der Waals surface area contributed by atoms with Crippen LogP contribution in [0.4, 0.5) is 0 Å². The Balaban J connectivity index is 1.77. The zero-order chi connectivity index (χ0) is 17.5. The minimum absolute atomic E-state index is 0.159. The average Bonchev–Trinajstić information content (AvgIpc) is 2.58. The molecule has 1 fully saturated rings. The molecule has 130 valence electrons. The first-order valence-electron chi connectivity index (χ1n) is 7.96. The predicted octanol–water partition coefficient (Wildman–Crippen LogP) is 0.893. The highest BCUT2D eigenvalue weighted by Crippen LogP contribution is 2.23. The minimum atomic E-state index is -0.889. The molecule has 2 atom stereocenters. The average molecular weight is 334 g/mol. The number of carbonyl (C=O) groups excluding carboxylic acids is 2. The van der Waals surface area contributed by atoms with Crippen molar-refractivity contribution >= 4 is 17.8 Å². The van der Waals surface area contributed by atoms with Gasteiger partial charge in [0.25, 0.3) is 5.91 Å². The fourth-order valence-electron chi connectivity index (χ4n) is 2.82. The molecule has 0 unspecified atom stereocenters. The number of para-hydroxylation sites is 1. The van der Waals surface area contributed by atoms with E-state index in [9.17, 15) is 19.5 Å². The number of nitrogens with one attached hydrogen (secondary N) is 1. The summed E-state index contributed by atoms with van der Waals surface area (Å²) in [6.45, 7) is 1.91. The number of piperidine rings is 1. The van der Waals surface area contributed by atoms with E-state index in [0.29, 0.717) is 25.1 Å². The second-order valence-electron chi connectivity index (χ2n) is 5.79. The van der Waals surface area contributed by atoms with Crippen LogP contribution in [-0.4, -0.2) is 53.5 Å². The van der Waals surface area contributed by atoms with E-state index in [2.05, 4.69) is 5.32 Å². The van der Waals surface area contributed by atoms with Gasteiger partial charge in [0.2, 0.25) is 5.91 Å². The van der Waals surface area contributed by atoms with Crippen LogP contribution in [0.3, 0.4) is 0 Å². The maximum absolute atomic E-state index is 12.2. The van der Waals surface area contributed by atoms with Gasteiger partial charge in [-0.05, 0) is 31.9 Å². The molecular formula is C17H22N2O5. The van der Waals surface area contributed by atoms with Crippen molar-refractivity contribution in [3.8, 4) is 5.75 Å². The molecule has 2 rings (SSSR count). The first-order chi connectivity index (χ1) is 11.5. The number of likely N-dealkylation sites (tertiary alicyclic amines) is 1. The molecule has 1 aromatic rings. The standard InChI is InChI=1S/C17H22N2O5/c1-12-14(17(22)23)8-5-9-19(12)16(21)10-18-15(20)11-24-13-6-3-2-4-7-13/h2-4,6-7,12,14H,5,8-11H2,1H3,(H,18,20)(H,22,23)/t12-,14-/m1/s1. The van der Waals surface area contributed by atoms with Crippen LogP contribution in [-0.2, 0) is 14.4 Å². The smallest absolute Gasteiger partial charge is 0.308 e. The molecule has 0 radical (unpaired) electrons. The van der Waals surface area contributed by atoms with E-state index in [1.807, 2.05) is 6.07 Å². The largest absolute Gasteiger partial charge is 0.484 e. The van der Waals surface area contributed by atoms with Crippen LogP contribution >= 0.6 is 0 Å². The number of ether oxygens (including phenoxy) is 1. The van der Waals surface area contributed by atoms with E-state index in [-0.39, 0.29) is 25.1 Å². The van der Waals surface area contributed by atoms with Crippen molar-refractivity contribution in [1.82, 2.24) is 10.2 Å². The Kier molecular flexibility index (Phi) is 6.17. The summed E-state index contributed by atoms with van der Waals surface area (Å²) in [6, 6.07) is 8.54. The third-order valence-corrected chi connectivity index (χ3v) is 4.18. The maximum Gasteiger partial charge on any atom is 0.308 e. The maximum atomic E-state index is 12.2. The minimum Gasteiger partial charge on any atom is -0.484 e. The van der Waals surface area contributed by atoms with Gasteiger partial charge in [-0.1, -0.05) is 18.2 Å². The van der Waals surface area contributed by atoms with E-state index >= 15 is 0 Å². The highest BCUT2D eigenvalue weighted by Gasteiger charge is 2.35. The summed E-state index contributed by atoms with van der Waals surface area (Å²) in [4.78, 5) is 36.7. The Bertz CT molecular complexity index is 590. The number of aliphatic carboxylic acids is 1. The zero-order valence-electron chi connectivity index (χ0n) is 13.6. The Morgan fingerprint density at radius 3 is 2.67 bits per heavy atom. The number of carbonyl (C=O) groups is 3. The first-order valence-corrected chi connectivity index (χ1v) is 7.96. The van der Waals surface area contributed by atoms with Crippen LogP contribution in [0.5, 0.6) is 5.75 Å². The van der Waals surface area contributed by atoms with Gasteiger partial charge in [-0.15, -0.1) is 0 Å². The van der Waals surface area contributed by atoms with Crippen molar-refractivity contribution in [2.75, 3.05) is 19.7 Å². The van der Waals surface area contributed by atoms with E-state index in [1.165, 1.54) is 4.90 Å². The Morgan fingerprint density at radius 2 is 2.00 bits per heavy atom. The van der Waals surface area contributed by atoms with Crippen LogP contribution in [0, 0.1) is 5.92 Å². The molecule has 2 N–H and O–H groups in total. The van der Waals surface area contributed by atoms with Gasteiger partial charge < -0.3 is 20.1 Å². The SMILES string of the molecule is C[C@@H]1[C@H](C(=O)O)CCCN1C(=O)CNC(=O)COc1ccccc1. The summed E-state index contributed by atoms with van der Waals surface area (Å²) in [7, 11) is 0. The lowest BCUT2D eigenvalue weighted by Gasteiger charge is -2.37. The van der Waals surface area contributed by atoms with Crippen molar-refractivity contribution in [2.45, 2.75) is 25.8 Å². The van der Waals surface area contributed by atoms with Crippen LogP contribution in [0.15, 0.2) is 30.3 Å². The summed E-state index contributed by atoms with van der Waals surface area (Å²) in [5.74, 6) is -1.54. The lowest BCUT2D eigenvalue weighted by Crippen LogP contribution is -2.52. The van der Waals surface area contributed by atoms with Crippen LogP contribution < -0.4 is 10.1 Å². The number of nitrogens with zero attached hydrogens (tertiary/aromatic N) is 1. The highest BCUT2D eigenvalue weighted by atomic mass is 16.5. The molecule has 7 nitrogen and oxygen atoms in total. The van der Waals surface area contributed by atoms with E-state index in [1.54, 1.807) is 31.2 Å². The molecule has 0 aliphatic carbocycles. The number of carboxylic acids is 1. The number of hydrogen-bond donors (Lipinski definition) is 2. The molecule has 0 saturated carbocycles. The lowest BCUT2D eigenvalue weighted by molar-refractivity contribution is -0.149. The molecule has 2 amide bonds. The van der Waals surface area contributed by atoms with E-state index in [0.717, 1.165) is 0 Å². The van der Waals surface area contributed by atoms with Gasteiger partial charge in [0.05, 0.1) is 12.5 Å². The second kappa shape index (κ2) is 8.33. The fraction of sp³-hybridized carbons (Fsp3) is 0.471. The molecule has 0 aromatic heterocycles. The monoisotopic (exact) mass is 334 g/mol. The molecule has 1 saturated heterocycles. The first kappa shape index (κ1) is 17.8. The summed E-state index contributed by atoms with van der Waals surface area (Å²) >= 11 is 0. The van der Waals surface area contributed by atoms with Crippen molar-refractivity contribution in [2.24, 2.45) is 5.92 Å². The molecule has 1 aliphatic rings. The van der Waals surface area contributed by atoms with Crippen LogP contribution in [0.25, 0.3) is 0 Å². The summed E-state index contributed by atoms with van der Waals surface area (Å²) in [6.07, 6.45) is 1.22. The molecule has 0 spiro atoms. The van der Waals surface area contributed by atoms with Crippen molar-refractivity contribution < 1.29 is 24.2 Å². The van der Waals surface area contributed by atoms with Crippen LogP contribution in [0.2, 0.25) is 0 Å². The topological polar surface area (TPSA) is 95.9 Å². The van der Waals surface area contributed by atoms with Crippen molar-refractivity contribution in [3.63, 3.8) is 0 Å². The van der Waals surface area contributed by atoms with Gasteiger partial charge >= 0.3 is 5.97 Å². The third kappa shape index (κ3) is 4.71. The van der Waals surface area contributed by atoms with Gasteiger partial charge in [0.1, 0.15) is 5.75 Å². The molecule has 1 aromatic carbocycles. The molecular weight excluding hydrogens is 312 g/mol. The normalized spacial score (nSPS) is 20.3. The molecule has 0 bridgehead atoms. The third-order valence-electron chi connectivity index (χ3n) is 4.18. The quantitative estimate of drug-likeness (QED) is 0.805. The lowest BCUT2D eigenvalue weighted by atomic mass is 9.90. The molecule has 1 heterocycles. The zero-order valence-corrected chi connectivity index (χ0v) is 13.6. The molecule has 7 heteroatoms. The number of amides is 2. The number of carboxylic acid groups (broad SMARTS) is 1. The number of benzene rings is 1. The van der Waals surface area contributed by atoms with Crippen LogP contribution in [0.1, 0.15) is 19.8 Å². The Morgan fingerprint density at radius 1 is 1.29 bits per heavy atom. The summed E-state index contributed by atoms with van der Waals surface area (Å²) in [5, 5.41) is 11.7. The fourth-order valence-corrected chi connectivity index (χ4v) is 2.82. The molecule has 1 aliphatic heterocycles. The Labute approximate surface area is 140 Å².